The number of aromatic nitrogens is 3. The SMILES string of the molecule is CC(C)Cc1nc2sc3c(SCC(=O)N(C)c4ccccc4)ncnc3c2c2c1CCC2. The van der Waals surface area contributed by atoms with Gasteiger partial charge in [-0.25, -0.2) is 15.0 Å². The van der Waals surface area contributed by atoms with E-state index in [1.54, 1.807) is 22.6 Å². The Morgan fingerprint density at radius 1 is 1.16 bits per heavy atom. The first kappa shape index (κ1) is 21.3. The lowest BCUT2D eigenvalue weighted by Gasteiger charge is -2.16. The van der Waals surface area contributed by atoms with Crippen LogP contribution in [0.3, 0.4) is 0 Å². The highest BCUT2D eigenvalue weighted by molar-refractivity contribution is 8.00. The predicted octanol–water partition coefficient (Wildman–Crippen LogP) is 5.68. The van der Waals surface area contributed by atoms with Gasteiger partial charge in [-0.3, -0.25) is 4.79 Å². The molecule has 1 aromatic carbocycles. The van der Waals surface area contributed by atoms with Gasteiger partial charge in [0, 0.05) is 23.8 Å². The summed E-state index contributed by atoms with van der Waals surface area (Å²) in [5.74, 6) is 0.959. The van der Waals surface area contributed by atoms with Gasteiger partial charge in [-0.2, -0.15) is 0 Å². The van der Waals surface area contributed by atoms with E-state index >= 15 is 0 Å². The summed E-state index contributed by atoms with van der Waals surface area (Å²) in [6.45, 7) is 4.50. The molecule has 0 saturated carbocycles. The van der Waals surface area contributed by atoms with Crippen LogP contribution in [-0.4, -0.2) is 33.7 Å². The van der Waals surface area contributed by atoms with Crippen LogP contribution in [-0.2, 0) is 24.1 Å². The number of aryl methyl sites for hydroxylation is 1. The van der Waals surface area contributed by atoms with Crippen LogP contribution in [0.15, 0.2) is 41.7 Å². The van der Waals surface area contributed by atoms with Crippen LogP contribution in [0.5, 0.6) is 0 Å². The van der Waals surface area contributed by atoms with Crippen LogP contribution >= 0.6 is 23.1 Å². The zero-order valence-corrected chi connectivity index (χ0v) is 20.2. The summed E-state index contributed by atoms with van der Waals surface area (Å²) < 4.78 is 1.05. The minimum absolute atomic E-state index is 0.0484. The van der Waals surface area contributed by atoms with Gasteiger partial charge in [0.15, 0.2) is 0 Å². The Labute approximate surface area is 196 Å². The molecule has 5 rings (SSSR count). The molecule has 32 heavy (non-hydrogen) atoms. The second-order valence-corrected chi connectivity index (χ2v) is 10.6. The zero-order valence-electron chi connectivity index (χ0n) is 18.6. The maximum absolute atomic E-state index is 12.8. The predicted molar refractivity (Wildman–Crippen MR) is 134 cm³/mol. The van der Waals surface area contributed by atoms with E-state index in [2.05, 4.69) is 23.8 Å². The Kier molecular flexibility index (Phi) is 5.86. The van der Waals surface area contributed by atoms with Gasteiger partial charge in [-0.1, -0.05) is 43.8 Å². The number of anilines is 1. The van der Waals surface area contributed by atoms with Crippen molar-refractivity contribution in [2.24, 2.45) is 5.92 Å². The van der Waals surface area contributed by atoms with Crippen LogP contribution in [0.1, 0.15) is 37.1 Å². The van der Waals surface area contributed by atoms with Gasteiger partial charge in [-0.05, 0) is 54.9 Å². The lowest BCUT2D eigenvalue weighted by Crippen LogP contribution is -2.27. The van der Waals surface area contributed by atoms with Gasteiger partial charge in [0.1, 0.15) is 16.2 Å². The molecule has 4 aromatic rings. The Bertz CT molecular complexity index is 1300. The van der Waals surface area contributed by atoms with Crippen molar-refractivity contribution in [1.29, 1.82) is 0 Å². The normalized spacial score (nSPS) is 13.2. The number of carbonyl (C=O) groups is 1. The van der Waals surface area contributed by atoms with Crippen molar-refractivity contribution in [2.45, 2.75) is 44.6 Å². The van der Waals surface area contributed by atoms with E-state index < -0.39 is 0 Å². The summed E-state index contributed by atoms with van der Waals surface area (Å²) in [5.41, 5.74) is 6.02. The molecule has 0 atom stereocenters. The number of para-hydroxylation sites is 1. The molecular weight excluding hydrogens is 436 g/mol. The highest BCUT2D eigenvalue weighted by Crippen LogP contribution is 2.42. The van der Waals surface area contributed by atoms with Crippen molar-refractivity contribution >= 4 is 55.1 Å². The van der Waals surface area contributed by atoms with Crippen molar-refractivity contribution in [3.63, 3.8) is 0 Å². The highest BCUT2D eigenvalue weighted by atomic mass is 32.2. The average molecular weight is 463 g/mol. The van der Waals surface area contributed by atoms with Gasteiger partial charge in [0.05, 0.1) is 16.0 Å². The molecule has 1 amide bonds. The fourth-order valence-electron chi connectivity index (χ4n) is 4.44. The maximum Gasteiger partial charge on any atom is 0.237 e. The molecule has 0 N–H and O–H groups in total. The number of pyridine rings is 1. The molecule has 0 bridgehead atoms. The average Bonchev–Trinajstić information content (AvgIpc) is 3.42. The van der Waals surface area contributed by atoms with Crippen molar-refractivity contribution < 1.29 is 4.79 Å². The molecule has 0 aliphatic heterocycles. The van der Waals surface area contributed by atoms with E-state index in [0.29, 0.717) is 11.7 Å². The number of fused-ring (bicyclic) bond motifs is 5. The maximum atomic E-state index is 12.8. The highest BCUT2D eigenvalue weighted by Gasteiger charge is 2.25. The quantitative estimate of drug-likeness (QED) is 0.272. The molecule has 7 heteroatoms. The minimum Gasteiger partial charge on any atom is -0.315 e. The summed E-state index contributed by atoms with van der Waals surface area (Å²) in [6.07, 6.45) is 6.04. The molecule has 1 aliphatic carbocycles. The number of carbonyl (C=O) groups excluding carboxylic acids is 1. The number of amides is 1. The monoisotopic (exact) mass is 462 g/mol. The summed E-state index contributed by atoms with van der Waals surface area (Å²) in [4.78, 5) is 29.8. The number of rotatable bonds is 6. The standard InChI is InChI=1S/C25H26N4OS2/c1-15(2)12-19-17-10-7-11-18(17)21-22-23(32-24(21)28-19)25(27-14-26-22)31-13-20(30)29(3)16-8-5-4-6-9-16/h4-6,8-9,14-15H,7,10-13H2,1-3H3. The van der Waals surface area contributed by atoms with Crippen molar-refractivity contribution in [3.8, 4) is 0 Å². The number of hydrogen-bond acceptors (Lipinski definition) is 6. The van der Waals surface area contributed by atoms with Crippen molar-refractivity contribution in [2.75, 3.05) is 17.7 Å². The van der Waals surface area contributed by atoms with E-state index in [4.69, 9.17) is 4.98 Å². The van der Waals surface area contributed by atoms with Crippen LogP contribution in [0.2, 0.25) is 0 Å². The van der Waals surface area contributed by atoms with Gasteiger partial charge < -0.3 is 4.90 Å². The van der Waals surface area contributed by atoms with Crippen molar-refractivity contribution in [3.05, 3.63) is 53.5 Å². The molecule has 164 valence electrons. The molecule has 0 saturated heterocycles. The van der Waals surface area contributed by atoms with Crippen LogP contribution in [0.4, 0.5) is 5.69 Å². The Morgan fingerprint density at radius 2 is 1.94 bits per heavy atom. The Morgan fingerprint density at radius 3 is 2.72 bits per heavy atom. The fourth-order valence-corrected chi connectivity index (χ4v) is 6.60. The van der Waals surface area contributed by atoms with Gasteiger partial charge in [0.2, 0.25) is 5.91 Å². The van der Waals surface area contributed by atoms with Crippen LogP contribution < -0.4 is 4.90 Å². The zero-order chi connectivity index (χ0) is 22.2. The number of nitrogens with zero attached hydrogens (tertiary/aromatic N) is 4. The Hall–Kier alpha value is -2.51. The number of benzene rings is 1. The molecule has 0 spiro atoms. The van der Waals surface area contributed by atoms with E-state index in [1.165, 1.54) is 40.4 Å². The van der Waals surface area contributed by atoms with E-state index in [0.717, 1.165) is 45.0 Å². The summed E-state index contributed by atoms with van der Waals surface area (Å²) >= 11 is 3.15. The third kappa shape index (κ3) is 3.88. The summed E-state index contributed by atoms with van der Waals surface area (Å²) in [5, 5.41) is 2.08. The van der Waals surface area contributed by atoms with E-state index in [-0.39, 0.29) is 5.91 Å². The van der Waals surface area contributed by atoms with Gasteiger partial charge in [0.25, 0.3) is 0 Å². The molecule has 0 unspecified atom stereocenters. The second kappa shape index (κ2) is 8.79. The first-order valence-corrected chi connectivity index (χ1v) is 12.9. The van der Waals surface area contributed by atoms with Crippen LogP contribution in [0, 0.1) is 5.92 Å². The Balaban J connectivity index is 1.48. The van der Waals surface area contributed by atoms with Gasteiger partial charge in [-0.15, -0.1) is 11.3 Å². The first-order valence-electron chi connectivity index (χ1n) is 11.0. The first-order chi connectivity index (χ1) is 15.5. The van der Waals surface area contributed by atoms with Gasteiger partial charge >= 0.3 is 0 Å². The fraction of sp³-hybridized carbons (Fsp3) is 0.360. The molecular formula is C25H26N4OS2. The summed E-state index contributed by atoms with van der Waals surface area (Å²) in [6, 6.07) is 9.72. The number of hydrogen-bond donors (Lipinski definition) is 0. The lowest BCUT2D eigenvalue weighted by atomic mass is 9.99. The molecule has 5 nitrogen and oxygen atoms in total. The minimum atomic E-state index is 0.0484. The molecule has 1 aliphatic rings. The van der Waals surface area contributed by atoms with Crippen molar-refractivity contribution in [1.82, 2.24) is 15.0 Å². The molecule has 0 fully saturated rings. The third-order valence-electron chi connectivity index (χ3n) is 5.98. The molecule has 0 radical (unpaired) electrons. The summed E-state index contributed by atoms with van der Waals surface area (Å²) in [7, 11) is 1.82. The smallest absolute Gasteiger partial charge is 0.237 e. The molecule has 3 aromatic heterocycles. The van der Waals surface area contributed by atoms with Crippen LogP contribution in [0.25, 0.3) is 20.4 Å². The third-order valence-corrected chi connectivity index (χ3v) is 8.16. The molecule has 3 heterocycles. The van der Waals surface area contributed by atoms with E-state index in [1.807, 2.05) is 37.4 Å². The topological polar surface area (TPSA) is 59.0 Å². The number of thiophene rings is 1. The lowest BCUT2D eigenvalue weighted by molar-refractivity contribution is -0.115. The van der Waals surface area contributed by atoms with E-state index in [9.17, 15) is 4.79 Å². The largest absolute Gasteiger partial charge is 0.315 e. The number of thioether (sulfide) groups is 1. The second-order valence-electron chi connectivity index (χ2n) is 8.68.